The Kier molecular flexibility index (Phi) is 6.34. The molecule has 29 heavy (non-hydrogen) atoms. The quantitative estimate of drug-likeness (QED) is 0.612. The summed E-state index contributed by atoms with van der Waals surface area (Å²) < 4.78 is 28.7. The lowest BCUT2D eigenvalue weighted by Crippen LogP contribution is -2.30. The van der Waals surface area contributed by atoms with E-state index in [0.29, 0.717) is 31.6 Å². The third-order valence-electron chi connectivity index (χ3n) is 4.85. The minimum atomic E-state index is -3.53. The van der Waals surface area contributed by atoms with E-state index in [0.717, 1.165) is 16.8 Å². The van der Waals surface area contributed by atoms with E-state index in [-0.39, 0.29) is 10.8 Å². The van der Waals surface area contributed by atoms with E-state index >= 15 is 0 Å². The Morgan fingerprint density at radius 1 is 1.10 bits per heavy atom. The summed E-state index contributed by atoms with van der Waals surface area (Å²) in [6.45, 7) is 6.92. The zero-order valence-corrected chi connectivity index (χ0v) is 17.7. The van der Waals surface area contributed by atoms with Gasteiger partial charge in [-0.15, -0.1) is 0 Å². The number of aryl methyl sites for hydroxylation is 2. The van der Waals surface area contributed by atoms with E-state index in [1.165, 1.54) is 4.31 Å². The molecule has 8 heteroatoms. The smallest absolute Gasteiger partial charge is 0.243 e. The Morgan fingerprint density at radius 2 is 1.79 bits per heavy atom. The molecule has 0 aliphatic carbocycles. The number of nitrogens with one attached hydrogen (secondary N) is 1. The van der Waals surface area contributed by atoms with Gasteiger partial charge in [-0.3, -0.25) is 4.79 Å². The van der Waals surface area contributed by atoms with Gasteiger partial charge in [0.25, 0.3) is 0 Å². The lowest BCUT2D eigenvalue weighted by Gasteiger charge is -2.18. The van der Waals surface area contributed by atoms with Crippen molar-refractivity contribution in [1.82, 2.24) is 13.9 Å². The van der Waals surface area contributed by atoms with E-state index in [4.69, 9.17) is 0 Å². The first kappa shape index (κ1) is 21.0. The third kappa shape index (κ3) is 4.65. The summed E-state index contributed by atoms with van der Waals surface area (Å²) in [6.07, 6.45) is 1.93. The van der Waals surface area contributed by atoms with Crippen LogP contribution in [0.5, 0.6) is 0 Å². The van der Waals surface area contributed by atoms with Crippen molar-refractivity contribution >= 4 is 32.7 Å². The van der Waals surface area contributed by atoms with Gasteiger partial charge in [-0.1, -0.05) is 31.5 Å². The van der Waals surface area contributed by atoms with Crippen molar-refractivity contribution in [2.75, 3.05) is 18.4 Å². The van der Waals surface area contributed by atoms with Gasteiger partial charge >= 0.3 is 0 Å². The first-order valence-electron chi connectivity index (χ1n) is 9.66. The lowest BCUT2D eigenvalue weighted by molar-refractivity contribution is -0.116. The molecule has 0 aliphatic rings. The topological polar surface area (TPSA) is 84.3 Å². The average molecular weight is 415 g/mol. The molecule has 0 aliphatic heterocycles. The average Bonchev–Trinajstić information content (AvgIpc) is 3.11. The Labute approximate surface area is 171 Å². The van der Waals surface area contributed by atoms with Crippen LogP contribution in [-0.2, 0) is 21.4 Å². The molecule has 0 unspecified atom stereocenters. The lowest BCUT2D eigenvalue weighted by atomic mass is 10.2. The van der Waals surface area contributed by atoms with Crippen LogP contribution in [0.15, 0.2) is 53.7 Å². The van der Waals surface area contributed by atoms with E-state index in [2.05, 4.69) is 10.3 Å². The first-order chi connectivity index (χ1) is 13.8. The van der Waals surface area contributed by atoms with E-state index < -0.39 is 10.0 Å². The van der Waals surface area contributed by atoms with Crippen molar-refractivity contribution < 1.29 is 13.2 Å². The molecule has 3 aromatic rings. The second kappa shape index (κ2) is 8.75. The molecule has 1 amide bonds. The van der Waals surface area contributed by atoms with Gasteiger partial charge < -0.3 is 9.88 Å². The van der Waals surface area contributed by atoms with Crippen LogP contribution in [0.1, 0.15) is 25.8 Å². The van der Waals surface area contributed by atoms with Gasteiger partial charge in [0, 0.05) is 31.7 Å². The minimum Gasteiger partial charge on any atom is -0.330 e. The van der Waals surface area contributed by atoms with Gasteiger partial charge in [0.15, 0.2) is 0 Å². The summed E-state index contributed by atoms with van der Waals surface area (Å²) in [6, 6.07) is 12.6. The number of hydrogen-bond acceptors (Lipinski definition) is 4. The Balaban J connectivity index is 1.71. The van der Waals surface area contributed by atoms with Gasteiger partial charge in [-0.05, 0) is 37.3 Å². The molecule has 3 rings (SSSR count). The fourth-order valence-corrected chi connectivity index (χ4v) is 4.66. The number of imidazole rings is 1. The normalized spacial score (nSPS) is 11.9. The molecule has 1 heterocycles. The Hall–Kier alpha value is -2.71. The molecule has 0 bridgehead atoms. The number of rotatable bonds is 8. The molecule has 1 aromatic heterocycles. The summed E-state index contributed by atoms with van der Waals surface area (Å²) in [7, 11) is -3.53. The highest BCUT2D eigenvalue weighted by atomic mass is 32.2. The van der Waals surface area contributed by atoms with Gasteiger partial charge in [-0.2, -0.15) is 4.31 Å². The van der Waals surface area contributed by atoms with Crippen molar-refractivity contribution in [2.45, 2.75) is 38.6 Å². The second-order valence-corrected chi connectivity index (χ2v) is 8.78. The number of nitrogens with zero attached hydrogens (tertiary/aromatic N) is 3. The maximum Gasteiger partial charge on any atom is 0.243 e. The molecular weight excluding hydrogens is 388 g/mol. The Bertz CT molecular complexity index is 1100. The number of anilines is 1. The molecule has 0 fully saturated rings. The molecule has 2 aromatic carbocycles. The third-order valence-corrected chi connectivity index (χ3v) is 6.90. The predicted molar refractivity (Wildman–Crippen MR) is 114 cm³/mol. The van der Waals surface area contributed by atoms with E-state index in [9.17, 15) is 13.2 Å². The van der Waals surface area contributed by atoms with Crippen LogP contribution in [0.2, 0.25) is 0 Å². The number of fused-ring (bicyclic) bond motifs is 1. The Morgan fingerprint density at radius 3 is 2.45 bits per heavy atom. The maximum absolute atomic E-state index is 12.7. The zero-order valence-electron chi connectivity index (χ0n) is 16.9. The summed E-state index contributed by atoms with van der Waals surface area (Å²) in [5, 5.41) is 2.88. The largest absolute Gasteiger partial charge is 0.330 e. The number of benzene rings is 2. The SMILES string of the molecule is CCN(CC)S(=O)(=O)c1ccc2c(c1)ncn2CCC(=O)Nc1ccc(C)cc1. The minimum absolute atomic E-state index is 0.0866. The number of sulfonamides is 1. The number of amides is 1. The summed E-state index contributed by atoms with van der Waals surface area (Å²) in [5.74, 6) is -0.0866. The number of aromatic nitrogens is 2. The van der Waals surface area contributed by atoms with Gasteiger partial charge in [0.05, 0.1) is 22.3 Å². The molecule has 0 atom stereocenters. The van der Waals surface area contributed by atoms with Crippen molar-refractivity contribution in [3.05, 3.63) is 54.4 Å². The highest BCUT2D eigenvalue weighted by molar-refractivity contribution is 7.89. The number of hydrogen-bond donors (Lipinski definition) is 1. The molecule has 1 N–H and O–H groups in total. The fourth-order valence-electron chi connectivity index (χ4n) is 3.18. The van der Waals surface area contributed by atoms with Crippen LogP contribution < -0.4 is 5.32 Å². The number of carbonyl (C=O) groups excluding carboxylic acids is 1. The van der Waals surface area contributed by atoms with Crippen molar-refractivity contribution in [3.63, 3.8) is 0 Å². The summed E-state index contributed by atoms with van der Waals surface area (Å²) >= 11 is 0. The summed E-state index contributed by atoms with van der Waals surface area (Å²) in [5.41, 5.74) is 3.29. The first-order valence-corrected chi connectivity index (χ1v) is 11.1. The molecule has 7 nitrogen and oxygen atoms in total. The van der Waals surface area contributed by atoms with Gasteiger partial charge in [0.2, 0.25) is 15.9 Å². The molecule has 0 radical (unpaired) electrons. The predicted octanol–water partition coefficient (Wildman–Crippen LogP) is 3.40. The summed E-state index contributed by atoms with van der Waals surface area (Å²) in [4.78, 5) is 16.8. The molecule has 154 valence electrons. The highest BCUT2D eigenvalue weighted by Gasteiger charge is 2.22. The van der Waals surface area contributed by atoms with Crippen molar-refractivity contribution in [1.29, 1.82) is 0 Å². The second-order valence-electron chi connectivity index (χ2n) is 6.84. The van der Waals surface area contributed by atoms with Gasteiger partial charge in [0.1, 0.15) is 0 Å². The van der Waals surface area contributed by atoms with E-state index in [1.54, 1.807) is 24.5 Å². The molecule has 0 saturated carbocycles. The van der Waals surface area contributed by atoms with Gasteiger partial charge in [-0.25, -0.2) is 13.4 Å². The maximum atomic E-state index is 12.7. The molecular formula is C21H26N4O3S. The molecule has 0 saturated heterocycles. The van der Waals surface area contributed by atoms with Crippen LogP contribution in [0.25, 0.3) is 11.0 Å². The van der Waals surface area contributed by atoms with Crippen molar-refractivity contribution in [2.24, 2.45) is 0 Å². The van der Waals surface area contributed by atoms with E-state index in [1.807, 2.05) is 49.6 Å². The fraction of sp³-hybridized carbons (Fsp3) is 0.333. The van der Waals surface area contributed by atoms with Crippen LogP contribution in [0, 0.1) is 6.92 Å². The molecule has 0 spiro atoms. The monoisotopic (exact) mass is 414 g/mol. The zero-order chi connectivity index (χ0) is 21.0. The highest BCUT2D eigenvalue weighted by Crippen LogP contribution is 2.21. The van der Waals surface area contributed by atoms with Crippen molar-refractivity contribution in [3.8, 4) is 0 Å². The van der Waals surface area contributed by atoms with Crippen LogP contribution in [-0.4, -0.2) is 41.3 Å². The van der Waals surface area contributed by atoms with Crippen LogP contribution >= 0.6 is 0 Å². The number of carbonyl (C=O) groups is 1. The van der Waals surface area contributed by atoms with Crippen LogP contribution in [0.3, 0.4) is 0 Å². The standard InChI is InChI=1S/C21H26N4O3S/c1-4-25(5-2)29(27,28)18-10-11-20-19(14-18)22-15-24(20)13-12-21(26)23-17-8-6-16(3)7-9-17/h6-11,14-15H,4-5,12-13H2,1-3H3,(H,23,26). The van der Waals surface area contributed by atoms with Crippen LogP contribution in [0.4, 0.5) is 5.69 Å².